The Balaban J connectivity index is 0.000000224. The monoisotopic (exact) mass is 1850 g/mol. The molecule has 1 unspecified atom stereocenters. The summed E-state index contributed by atoms with van der Waals surface area (Å²) >= 11 is 0. The first-order valence-corrected chi connectivity index (χ1v) is 49.5. The predicted octanol–water partition coefficient (Wildman–Crippen LogP) is 8.49. The van der Waals surface area contributed by atoms with Gasteiger partial charge in [0, 0.05) is 123 Å². The maximum absolute atomic E-state index is 13.2. The van der Waals surface area contributed by atoms with E-state index in [1.54, 1.807) is 53.1 Å². The van der Waals surface area contributed by atoms with Crippen LogP contribution in [0.2, 0.25) is 22.2 Å². The SMILES string of the molecule is CC(C)=CCn1c(=O)c(C)cn([C@H]2C[C@@H](O)[C@@H](CO)O2)c1=O.CC[C@H]1O[C@@H](n2cc(C)c(=O)n(CC=C(C)C)c2=O)C[C@H]1O.CC[C@H]1O[C@@H](n2cc(C)c(=O)n(CC=C(C)C)c2=O)C[C@H]1OP(OCCC#N)N(C(C)C)C(C)C.Cc1cn([C@H]2C[C@@H](O)[C@@H](CO)O2)c(=O)[nH]c1=O.Cc1cn([C@H]2C[C@H]3O[Si](C(C)C)(C(C)C)O[Si](C(C)C)(C(C)C)OC[C@H]3O2)c(=O)[nH]c1=O. The number of aromatic amines is 2. The van der Waals surface area contributed by atoms with E-state index in [-0.39, 0.29) is 139 Å². The minimum atomic E-state index is -2.72. The molecule has 6 fully saturated rings. The number of nitrogens with one attached hydrogen (secondary N) is 2. The first-order valence-electron chi connectivity index (χ1n) is 44.4. The highest BCUT2D eigenvalue weighted by atomic mass is 31.2. The zero-order valence-corrected chi connectivity index (χ0v) is 82.1. The highest BCUT2D eigenvalue weighted by Gasteiger charge is 2.60. The highest BCUT2D eigenvalue weighted by Crippen LogP contribution is 2.51. The van der Waals surface area contributed by atoms with E-state index < -0.39 is 121 Å². The molecule has 16 atom stereocenters. The van der Waals surface area contributed by atoms with Crippen LogP contribution in [0.4, 0.5) is 0 Å². The third-order valence-electron chi connectivity index (χ3n) is 23.4. The van der Waals surface area contributed by atoms with E-state index in [1.165, 1.54) is 50.6 Å². The quantitative estimate of drug-likeness (QED) is 0.0112. The number of allylic oxidation sites excluding steroid dienone is 6. The summed E-state index contributed by atoms with van der Waals surface area (Å²) in [6.07, 6.45) is 8.54. The lowest BCUT2D eigenvalue weighted by Gasteiger charge is -2.51. The molecule has 128 heavy (non-hydrogen) atoms. The van der Waals surface area contributed by atoms with E-state index in [0.717, 1.165) is 21.3 Å². The third kappa shape index (κ3) is 26.2. The summed E-state index contributed by atoms with van der Waals surface area (Å²) in [5, 5.41) is 56.4. The van der Waals surface area contributed by atoms with Gasteiger partial charge in [-0.25, -0.2) is 28.6 Å². The number of nitrogens with zero attached hydrogens (tertiary/aromatic N) is 10. The Labute approximate surface area is 750 Å². The van der Waals surface area contributed by atoms with Crippen molar-refractivity contribution in [1.82, 2.24) is 51.2 Å². The van der Waals surface area contributed by atoms with Gasteiger partial charge < -0.3 is 71.2 Å². The van der Waals surface area contributed by atoms with Crippen molar-refractivity contribution in [2.24, 2.45) is 0 Å². The lowest BCUT2D eigenvalue weighted by molar-refractivity contribution is -0.0566. The molecule has 5 aromatic heterocycles. The van der Waals surface area contributed by atoms with Gasteiger partial charge in [-0.2, -0.15) is 5.26 Å². The molecule has 0 bridgehead atoms. The molecule has 37 nitrogen and oxygen atoms in total. The molecule has 0 radical (unpaired) electrons. The number of aryl methyl sites for hydroxylation is 5. The minimum Gasteiger partial charge on any atom is -0.414 e. The van der Waals surface area contributed by atoms with Crippen LogP contribution in [0, 0.1) is 45.9 Å². The molecule has 6 saturated heterocycles. The van der Waals surface area contributed by atoms with Crippen molar-refractivity contribution in [3.8, 4) is 6.07 Å². The number of H-pyrrole nitrogens is 2. The van der Waals surface area contributed by atoms with Gasteiger partial charge in [-0.15, -0.1) is 0 Å². The molecule has 6 aliphatic heterocycles. The van der Waals surface area contributed by atoms with Crippen molar-refractivity contribution < 1.29 is 71.2 Å². The number of ether oxygens (including phenoxy) is 5. The molecule has 6 aliphatic rings. The van der Waals surface area contributed by atoms with Crippen LogP contribution in [-0.4, -0.2) is 193 Å². The van der Waals surface area contributed by atoms with E-state index in [4.69, 9.17) is 61.2 Å². The van der Waals surface area contributed by atoms with Crippen molar-refractivity contribution in [3.63, 3.8) is 0 Å². The molecule has 40 heteroatoms. The van der Waals surface area contributed by atoms with Gasteiger partial charge in [-0.05, 0) is 139 Å². The number of aliphatic hydroxyl groups excluding tert-OH is 5. The van der Waals surface area contributed by atoms with Crippen molar-refractivity contribution >= 4 is 25.6 Å². The second-order valence-electron chi connectivity index (χ2n) is 36.1. The second kappa shape index (κ2) is 47.6. The number of rotatable bonds is 27. The largest absolute Gasteiger partial charge is 0.414 e. The van der Waals surface area contributed by atoms with Gasteiger partial charge in [0.1, 0.15) is 49.5 Å². The van der Waals surface area contributed by atoms with Gasteiger partial charge in [0.05, 0.1) is 81.6 Å². The van der Waals surface area contributed by atoms with Crippen LogP contribution in [0.5, 0.6) is 0 Å². The van der Waals surface area contributed by atoms with Gasteiger partial charge in [0.2, 0.25) is 0 Å². The summed E-state index contributed by atoms with van der Waals surface area (Å²) in [5.41, 5.74) is 2.24. The third-order valence-corrected chi connectivity index (χ3v) is 35.8. The molecular weight excluding hydrogens is 1710 g/mol. The van der Waals surface area contributed by atoms with Crippen LogP contribution in [0.1, 0.15) is 249 Å². The molecule has 0 amide bonds. The zero-order valence-electron chi connectivity index (χ0n) is 79.2. The van der Waals surface area contributed by atoms with E-state index in [0.29, 0.717) is 73.1 Å². The van der Waals surface area contributed by atoms with Crippen LogP contribution in [0.3, 0.4) is 0 Å². The average Bonchev–Trinajstić information content (AvgIpc) is 0.805. The number of nitriles is 1. The lowest BCUT2D eigenvalue weighted by atomic mass is 10.1. The van der Waals surface area contributed by atoms with Crippen molar-refractivity contribution in [2.45, 2.75) is 371 Å². The maximum Gasteiger partial charge on any atom is 0.335 e. The molecule has 0 aliphatic carbocycles. The normalized spacial score (nSPS) is 24.9. The number of fused-ring (bicyclic) bond motifs is 1. The fourth-order valence-electron chi connectivity index (χ4n) is 16.2. The van der Waals surface area contributed by atoms with E-state index >= 15 is 0 Å². The molecule has 7 N–H and O–H groups in total. The van der Waals surface area contributed by atoms with E-state index in [1.807, 2.05) is 67.5 Å². The van der Waals surface area contributed by atoms with Crippen molar-refractivity contribution in [2.75, 3.05) is 26.4 Å². The summed E-state index contributed by atoms with van der Waals surface area (Å²) in [6, 6.07) is 2.49. The van der Waals surface area contributed by atoms with E-state index in [2.05, 4.69) is 104 Å². The zero-order chi connectivity index (χ0) is 95.7. The smallest absolute Gasteiger partial charge is 0.335 e. The van der Waals surface area contributed by atoms with Gasteiger partial charge in [0.25, 0.3) is 36.3 Å². The molecule has 0 saturated carbocycles. The Morgan fingerprint density at radius 1 is 0.492 bits per heavy atom. The van der Waals surface area contributed by atoms with Gasteiger partial charge in [0.15, 0.2) is 0 Å². The Morgan fingerprint density at radius 3 is 1.17 bits per heavy atom. The topological polar surface area (TPSA) is 462 Å². The standard InChI is InChI=1S/C25H41N4O5P.C22H40N2O6Si2.C16H24N2O4.C15H22N2O5.C10H14N2O5/c1-9-21-22(34-35(32-14-10-12-26)29(18(4)5)19(6)7)15-23(33-21)28-16-20(8)24(30)27(25(28)31)13-11-17(2)3;1-13(2)31(14(3)4)27-12-19-18(29-32(30-31,15(5)6)16(7)8)10-20(28-19)24-11-17(9)21(25)23-22(24)26;1-5-13-12(19)8-14(22-13)18-9-11(4)15(20)17(16(18)21)7-6-10(2)3;1-9(2)4-5-16-14(20)10(3)7-17(15(16)21)13-6-11(19)12(8-18)22-13;1-5-3-12(10(16)11-9(5)15)8-2-6(14)7(4-13)17-8/h11,16,18-19,21-23H,9-10,13-15H2,1-8H3;11,13-16,18-20H,10,12H2,1-9H3,(H,23,25,26);6,9,12-14,19H,5,7-8H2,1-4H3;4,7,11-13,18-19H,5-6,8H2,1-3H3;3,6-8,13-14H,2,4H2,1H3,(H,11,15,16)/t21-,22-,23-,35?;18-,19-,20-;12-,13-,14-;11-,12-,13-;6-,7-,8-/m11111/s1. The first-order chi connectivity index (χ1) is 60.1. The molecule has 716 valence electrons. The molecule has 0 spiro atoms. The predicted molar refractivity (Wildman–Crippen MR) is 489 cm³/mol. The van der Waals surface area contributed by atoms with Crippen molar-refractivity contribution in [1.29, 1.82) is 5.26 Å². The van der Waals surface area contributed by atoms with Crippen LogP contribution >= 0.6 is 8.53 Å². The Morgan fingerprint density at radius 2 is 0.836 bits per heavy atom. The summed E-state index contributed by atoms with van der Waals surface area (Å²) in [7, 11) is -6.78. The fourth-order valence-corrected chi connectivity index (χ4v) is 29.2. The molecular formula is C88H141N12O25PSi2. The second-order valence-corrected chi connectivity index (χ2v) is 46.3. The molecule has 11 heterocycles. The Kier molecular flexibility index (Phi) is 39.9. The van der Waals surface area contributed by atoms with Crippen molar-refractivity contribution in [3.05, 3.63) is 198 Å². The van der Waals surface area contributed by atoms with Crippen LogP contribution in [0.25, 0.3) is 0 Å². The summed E-state index contributed by atoms with van der Waals surface area (Å²) in [6.45, 7) is 50.3. The van der Waals surface area contributed by atoms with Crippen LogP contribution in [0.15, 0.2) is 114 Å². The summed E-state index contributed by atoms with van der Waals surface area (Å²) in [5.74, 6) is 0. The molecule has 0 aromatic carbocycles. The number of hydrogen-bond donors (Lipinski definition) is 7. The Hall–Kier alpha value is -7.67. The summed E-state index contributed by atoms with van der Waals surface area (Å²) < 4.78 is 75.4. The fraction of sp³-hybridized carbons (Fsp3) is 0.693. The lowest BCUT2D eigenvalue weighted by Crippen LogP contribution is -2.65. The highest BCUT2D eigenvalue weighted by molar-refractivity contribution is 7.44. The first kappa shape index (κ1) is 107. The number of aromatic nitrogens is 10. The average molecular weight is 1850 g/mol. The van der Waals surface area contributed by atoms with Gasteiger partial charge in [-0.3, -0.25) is 70.5 Å². The molecule has 5 aromatic rings. The van der Waals surface area contributed by atoms with Gasteiger partial charge >= 0.3 is 45.6 Å². The maximum atomic E-state index is 13.2. The van der Waals surface area contributed by atoms with E-state index in [9.17, 15) is 63.3 Å². The Bertz CT molecular complexity index is 5190. The van der Waals surface area contributed by atoms with Gasteiger partial charge in [-0.1, -0.05) is 104 Å². The number of aliphatic hydroxyl groups is 5. The molecule has 11 rings (SSSR count). The number of hydrogen-bond acceptors (Lipinski definition) is 27. The minimum absolute atomic E-state index is 0.185. The van der Waals surface area contributed by atoms with Crippen LogP contribution in [-0.2, 0) is 65.3 Å². The van der Waals surface area contributed by atoms with Crippen LogP contribution < -0.4 is 56.2 Å². The summed E-state index contributed by atoms with van der Waals surface area (Å²) in [4.78, 5) is 127.